The summed E-state index contributed by atoms with van der Waals surface area (Å²) in [7, 11) is -4.94. The maximum absolute atomic E-state index is 8.49. The van der Waals surface area contributed by atoms with Gasteiger partial charge in [-0.25, -0.2) is 18.6 Å². The van der Waals surface area contributed by atoms with Crippen molar-refractivity contribution in [3.8, 4) is 0 Å². The molecule has 1 heterocycles. The van der Waals surface area contributed by atoms with Crippen molar-refractivity contribution < 1.29 is 33.5 Å². The molecule has 2 aromatic carbocycles. The van der Waals surface area contributed by atoms with E-state index in [4.69, 9.17) is 18.6 Å². The second-order valence-corrected chi connectivity index (χ2v) is 7.53. The third-order valence-electron chi connectivity index (χ3n) is 4.89. The molecule has 0 bridgehead atoms. The van der Waals surface area contributed by atoms with Crippen LogP contribution < -0.4 is 18.6 Å². The minimum atomic E-state index is -4.94. The minimum Gasteiger partial charge on any atom is -0.222 e. The molecule has 1 aliphatic heterocycles. The molecule has 0 unspecified atom stereocenters. The summed E-state index contributed by atoms with van der Waals surface area (Å²) < 4.78 is 36.5. The number of rotatable bonds is 3. The third kappa shape index (κ3) is 4.37. The van der Waals surface area contributed by atoms with Gasteiger partial charge in [-0.3, -0.25) is 0 Å². The van der Waals surface area contributed by atoms with Crippen molar-refractivity contribution >= 4 is 22.2 Å². The van der Waals surface area contributed by atoms with Gasteiger partial charge in [-0.1, -0.05) is 43.7 Å². The first-order valence-corrected chi connectivity index (χ1v) is 9.56. The Morgan fingerprint density at radius 3 is 2.20 bits per heavy atom. The van der Waals surface area contributed by atoms with Crippen LogP contribution in [0.2, 0.25) is 0 Å². The predicted octanol–water partition coefficient (Wildman–Crippen LogP) is 0.280. The van der Waals surface area contributed by atoms with E-state index >= 15 is 0 Å². The van der Waals surface area contributed by atoms with Crippen molar-refractivity contribution in [2.45, 2.75) is 46.0 Å². The highest BCUT2D eigenvalue weighted by Crippen LogP contribution is 2.43. The zero-order valence-electron chi connectivity index (χ0n) is 15.0. The molecule has 6 heteroatoms. The van der Waals surface area contributed by atoms with Gasteiger partial charge in [0, 0.05) is 18.9 Å². The van der Waals surface area contributed by atoms with Crippen molar-refractivity contribution in [3.63, 3.8) is 0 Å². The van der Waals surface area contributed by atoms with Crippen LogP contribution in [0.5, 0.6) is 0 Å². The van der Waals surface area contributed by atoms with Crippen LogP contribution >= 0.6 is 0 Å². The van der Waals surface area contributed by atoms with Gasteiger partial charge in [0.25, 0.3) is 0 Å². The van der Waals surface area contributed by atoms with Crippen molar-refractivity contribution in [2.24, 2.45) is 0 Å². The van der Waals surface area contributed by atoms with Gasteiger partial charge in [-0.2, -0.15) is 4.58 Å². The number of benzene rings is 2. The van der Waals surface area contributed by atoms with Gasteiger partial charge in [0.05, 0.1) is 10.8 Å². The molecule has 0 saturated carbocycles. The van der Waals surface area contributed by atoms with Gasteiger partial charge in [-0.15, -0.1) is 10.2 Å². The SMILES string of the molecule is CCCC[N+]1=C(C)C(C)(C)c2ccc3ccccc3c21.[O-][Cl+3]([O-])([O-])[O-]. The van der Waals surface area contributed by atoms with Crippen LogP contribution in [-0.2, 0) is 5.41 Å². The molecular formula is C19H24ClNO4. The Bertz CT molecular complexity index is 788. The van der Waals surface area contributed by atoms with Crippen molar-refractivity contribution in [2.75, 3.05) is 6.54 Å². The number of unbranched alkanes of at least 4 members (excludes halogenated alkanes) is 1. The average molecular weight is 366 g/mol. The van der Waals surface area contributed by atoms with E-state index in [1.807, 2.05) is 0 Å². The highest BCUT2D eigenvalue weighted by Gasteiger charge is 2.43. The molecule has 136 valence electrons. The van der Waals surface area contributed by atoms with E-state index in [-0.39, 0.29) is 5.41 Å². The molecule has 0 saturated heterocycles. The van der Waals surface area contributed by atoms with Crippen molar-refractivity contribution in [1.82, 2.24) is 0 Å². The van der Waals surface area contributed by atoms with E-state index < -0.39 is 10.2 Å². The van der Waals surface area contributed by atoms with Gasteiger partial charge < -0.3 is 0 Å². The summed E-state index contributed by atoms with van der Waals surface area (Å²) in [5.41, 5.74) is 4.55. The predicted molar refractivity (Wildman–Crippen MR) is 87.4 cm³/mol. The Morgan fingerprint density at radius 2 is 1.60 bits per heavy atom. The highest BCUT2D eigenvalue weighted by atomic mass is 35.7. The van der Waals surface area contributed by atoms with E-state index in [1.165, 1.54) is 40.6 Å². The lowest BCUT2D eigenvalue weighted by Crippen LogP contribution is -2.68. The molecular weight excluding hydrogens is 342 g/mol. The largest absolute Gasteiger partial charge is 0.222 e. The van der Waals surface area contributed by atoms with E-state index in [0.717, 1.165) is 6.54 Å². The molecule has 0 aliphatic carbocycles. The fourth-order valence-corrected chi connectivity index (χ4v) is 3.35. The molecule has 2 aromatic rings. The molecule has 0 N–H and O–H groups in total. The fourth-order valence-electron chi connectivity index (χ4n) is 3.35. The number of nitrogens with zero attached hydrogens (tertiary/aromatic N) is 1. The average Bonchev–Trinajstić information content (AvgIpc) is 2.71. The van der Waals surface area contributed by atoms with Gasteiger partial charge in [0.15, 0.2) is 5.71 Å². The topological polar surface area (TPSA) is 95.2 Å². The number of hydrogen-bond acceptors (Lipinski definition) is 4. The second-order valence-electron chi connectivity index (χ2n) is 6.78. The first kappa shape index (κ1) is 19.8. The minimum absolute atomic E-state index is 0.146. The molecule has 1 aliphatic rings. The summed E-state index contributed by atoms with van der Waals surface area (Å²) in [5.74, 6) is 0. The lowest BCUT2D eigenvalue weighted by molar-refractivity contribution is -2.00. The Labute approximate surface area is 150 Å². The van der Waals surface area contributed by atoms with Crippen LogP contribution in [0.4, 0.5) is 5.69 Å². The molecule has 25 heavy (non-hydrogen) atoms. The smallest absolute Gasteiger partial charge is 0.217 e. The molecule has 5 nitrogen and oxygen atoms in total. The Kier molecular flexibility index (Phi) is 5.86. The molecule has 0 radical (unpaired) electrons. The van der Waals surface area contributed by atoms with Crippen LogP contribution in [0.15, 0.2) is 36.4 Å². The fraction of sp³-hybridized carbons (Fsp3) is 0.421. The van der Waals surface area contributed by atoms with Gasteiger partial charge in [0.1, 0.15) is 6.54 Å². The molecule has 0 atom stereocenters. The summed E-state index contributed by atoms with van der Waals surface area (Å²) in [5, 5.41) is 2.74. The lowest BCUT2D eigenvalue weighted by Gasteiger charge is -2.17. The summed E-state index contributed by atoms with van der Waals surface area (Å²) in [6.07, 6.45) is 2.49. The zero-order chi connectivity index (χ0) is 18.8. The van der Waals surface area contributed by atoms with Crippen molar-refractivity contribution in [1.29, 1.82) is 0 Å². The maximum Gasteiger partial charge on any atom is 0.217 e. The van der Waals surface area contributed by atoms with Crippen LogP contribution in [0.3, 0.4) is 0 Å². The number of halogens is 1. The normalized spacial score (nSPS) is 15.8. The summed E-state index contributed by atoms with van der Waals surface area (Å²) in [6, 6.07) is 13.4. The van der Waals surface area contributed by atoms with E-state index in [9.17, 15) is 0 Å². The first-order valence-electron chi connectivity index (χ1n) is 8.33. The summed E-state index contributed by atoms with van der Waals surface area (Å²) in [4.78, 5) is 0. The van der Waals surface area contributed by atoms with E-state index in [2.05, 4.69) is 68.7 Å². The second kappa shape index (κ2) is 7.40. The molecule has 3 rings (SSSR count). The van der Waals surface area contributed by atoms with Crippen LogP contribution in [0, 0.1) is 10.2 Å². The highest BCUT2D eigenvalue weighted by molar-refractivity contribution is 6.01. The van der Waals surface area contributed by atoms with Gasteiger partial charge >= 0.3 is 0 Å². The number of hydrogen-bond donors (Lipinski definition) is 0. The Hall–Kier alpha value is -1.50. The molecule has 0 fully saturated rings. The number of fused-ring (bicyclic) bond motifs is 3. The summed E-state index contributed by atoms with van der Waals surface area (Å²) >= 11 is 0. The van der Waals surface area contributed by atoms with Crippen LogP contribution in [0.1, 0.15) is 46.1 Å². The third-order valence-corrected chi connectivity index (χ3v) is 4.89. The Balaban J connectivity index is 0.000000399. The van der Waals surface area contributed by atoms with Crippen LogP contribution in [0.25, 0.3) is 10.8 Å². The monoisotopic (exact) mass is 365 g/mol. The quantitative estimate of drug-likeness (QED) is 0.730. The molecule has 0 spiro atoms. The van der Waals surface area contributed by atoms with E-state index in [0.29, 0.717) is 0 Å². The zero-order valence-corrected chi connectivity index (χ0v) is 15.8. The van der Waals surface area contributed by atoms with Gasteiger partial charge in [0.2, 0.25) is 5.69 Å². The summed E-state index contributed by atoms with van der Waals surface area (Å²) in [6.45, 7) is 10.4. The van der Waals surface area contributed by atoms with Crippen molar-refractivity contribution in [3.05, 3.63) is 42.0 Å². The standard InChI is InChI=1S/C19H24N.ClHO4/c1-5-6-13-20-14(2)19(3,4)17-12-11-15-9-7-8-10-16(15)18(17)20;2-1(3,4)5/h7-12H,5-6,13H2,1-4H3;(H,2,3,4,5)/q+1;/p-1. The maximum atomic E-state index is 8.49. The first-order chi connectivity index (χ1) is 11.6. The van der Waals surface area contributed by atoms with E-state index in [1.54, 1.807) is 0 Å². The lowest BCUT2D eigenvalue weighted by atomic mass is 9.81. The molecule has 0 amide bonds. The Morgan fingerprint density at radius 1 is 1.00 bits per heavy atom. The molecule has 0 aromatic heterocycles. The van der Waals surface area contributed by atoms with Crippen LogP contribution in [-0.4, -0.2) is 16.8 Å². The van der Waals surface area contributed by atoms with Gasteiger partial charge in [-0.05, 0) is 25.3 Å².